The van der Waals surface area contributed by atoms with Gasteiger partial charge in [0, 0.05) is 18.6 Å². The van der Waals surface area contributed by atoms with Crippen LogP contribution in [-0.2, 0) is 0 Å². The fourth-order valence-electron chi connectivity index (χ4n) is 3.15. The summed E-state index contributed by atoms with van der Waals surface area (Å²) >= 11 is 0. The van der Waals surface area contributed by atoms with Gasteiger partial charge in [-0.15, -0.1) is 0 Å². The third-order valence-electron chi connectivity index (χ3n) is 3.91. The molecule has 2 rings (SSSR count). The molecule has 14 heavy (non-hydrogen) atoms. The lowest BCUT2D eigenvalue weighted by Gasteiger charge is -2.37. The van der Waals surface area contributed by atoms with Crippen LogP contribution in [-0.4, -0.2) is 36.6 Å². The molecule has 1 saturated carbocycles. The highest BCUT2D eigenvalue weighted by molar-refractivity contribution is 4.85. The van der Waals surface area contributed by atoms with E-state index in [1.54, 1.807) is 0 Å². The number of likely N-dealkylation sites (N-methyl/N-ethyl adjacent to an activating group) is 1. The maximum absolute atomic E-state index is 3.48. The quantitative estimate of drug-likeness (QED) is 0.743. The van der Waals surface area contributed by atoms with Gasteiger partial charge in [0.1, 0.15) is 0 Å². The molecule has 0 bridgehead atoms. The number of hydrogen-bond donors (Lipinski definition) is 1. The molecule has 2 heteroatoms. The summed E-state index contributed by atoms with van der Waals surface area (Å²) in [5.74, 6) is 0. The second-order valence-corrected chi connectivity index (χ2v) is 4.77. The monoisotopic (exact) mass is 196 g/mol. The van der Waals surface area contributed by atoms with E-state index in [4.69, 9.17) is 0 Å². The summed E-state index contributed by atoms with van der Waals surface area (Å²) in [7, 11) is 0. The molecule has 1 N–H and O–H groups in total. The van der Waals surface area contributed by atoms with Crippen molar-refractivity contribution in [2.45, 2.75) is 57.5 Å². The Bertz CT molecular complexity index is 158. The first-order chi connectivity index (χ1) is 6.92. The SMILES string of the molecule is CCN(C1CCCCC1)[C@@H]1CCNC1. The molecule has 2 nitrogen and oxygen atoms in total. The normalized spacial score (nSPS) is 30.0. The predicted octanol–water partition coefficient (Wildman–Crippen LogP) is 2.00. The molecular weight excluding hydrogens is 172 g/mol. The average Bonchev–Trinajstić information content (AvgIpc) is 2.74. The van der Waals surface area contributed by atoms with Crippen molar-refractivity contribution in [1.82, 2.24) is 10.2 Å². The standard InChI is InChI=1S/C12H24N2/c1-2-14(12-8-9-13-10-12)11-6-4-3-5-7-11/h11-13H,2-10H2,1H3/t12-/m1/s1. The van der Waals surface area contributed by atoms with Gasteiger partial charge in [0.05, 0.1) is 0 Å². The molecule has 1 heterocycles. The largest absolute Gasteiger partial charge is 0.315 e. The molecule has 1 saturated heterocycles. The van der Waals surface area contributed by atoms with Crippen molar-refractivity contribution in [2.75, 3.05) is 19.6 Å². The number of rotatable bonds is 3. The zero-order chi connectivity index (χ0) is 9.80. The van der Waals surface area contributed by atoms with Crippen molar-refractivity contribution in [3.8, 4) is 0 Å². The van der Waals surface area contributed by atoms with Crippen molar-refractivity contribution in [3.63, 3.8) is 0 Å². The van der Waals surface area contributed by atoms with Gasteiger partial charge >= 0.3 is 0 Å². The highest BCUT2D eigenvalue weighted by Gasteiger charge is 2.27. The zero-order valence-electron chi connectivity index (χ0n) is 9.47. The van der Waals surface area contributed by atoms with Gasteiger partial charge in [-0.25, -0.2) is 0 Å². The fourth-order valence-corrected chi connectivity index (χ4v) is 3.15. The molecule has 0 amide bonds. The molecule has 0 spiro atoms. The topological polar surface area (TPSA) is 15.3 Å². The Balaban J connectivity index is 1.89. The lowest BCUT2D eigenvalue weighted by atomic mass is 9.93. The smallest absolute Gasteiger partial charge is 0.0235 e. The van der Waals surface area contributed by atoms with Crippen LogP contribution < -0.4 is 5.32 Å². The Hall–Kier alpha value is -0.0800. The molecule has 0 aromatic rings. The van der Waals surface area contributed by atoms with Gasteiger partial charge in [0.25, 0.3) is 0 Å². The van der Waals surface area contributed by atoms with E-state index in [0.29, 0.717) is 0 Å². The van der Waals surface area contributed by atoms with Crippen LogP contribution >= 0.6 is 0 Å². The molecule has 1 atom stereocenters. The minimum absolute atomic E-state index is 0.836. The second-order valence-electron chi connectivity index (χ2n) is 4.77. The lowest BCUT2D eigenvalue weighted by Crippen LogP contribution is -2.45. The second kappa shape index (κ2) is 5.13. The third kappa shape index (κ3) is 2.29. The van der Waals surface area contributed by atoms with Crippen LogP contribution in [0.1, 0.15) is 45.4 Å². The summed E-state index contributed by atoms with van der Waals surface area (Å²) in [4.78, 5) is 2.76. The molecule has 1 aliphatic carbocycles. The Morgan fingerprint density at radius 1 is 1.07 bits per heavy atom. The van der Waals surface area contributed by atoms with Crippen LogP contribution in [0.5, 0.6) is 0 Å². The Morgan fingerprint density at radius 3 is 2.43 bits per heavy atom. The van der Waals surface area contributed by atoms with Crippen molar-refractivity contribution in [1.29, 1.82) is 0 Å². The molecular formula is C12H24N2. The summed E-state index contributed by atoms with van der Waals surface area (Å²) in [6.45, 7) is 6.03. The van der Waals surface area contributed by atoms with Gasteiger partial charge in [-0.05, 0) is 32.4 Å². The van der Waals surface area contributed by atoms with Gasteiger partial charge in [-0.3, -0.25) is 4.90 Å². The van der Waals surface area contributed by atoms with Crippen LogP contribution in [0, 0.1) is 0 Å². The predicted molar refractivity (Wildman–Crippen MR) is 60.5 cm³/mol. The van der Waals surface area contributed by atoms with Gasteiger partial charge < -0.3 is 5.32 Å². The third-order valence-corrected chi connectivity index (χ3v) is 3.91. The first-order valence-corrected chi connectivity index (χ1v) is 6.38. The molecule has 2 fully saturated rings. The van der Waals surface area contributed by atoms with Gasteiger partial charge in [-0.2, -0.15) is 0 Å². The molecule has 2 aliphatic rings. The summed E-state index contributed by atoms with van der Waals surface area (Å²) in [5, 5.41) is 3.48. The average molecular weight is 196 g/mol. The van der Waals surface area contributed by atoms with E-state index < -0.39 is 0 Å². The van der Waals surface area contributed by atoms with Crippen molar-refractivity contribution in [2.24, 2.45) is 0 Å². The van der Waals surface area contributed by atoms with Gasteiger partial charge in [0.2, 0.25) is 0 Å². The van der Waals surface area contributed by atoms with Crippen LogP contribution in [0.15, 0.2) is 0 Å². The van der Waals surface area contributed by atoms with E-state index >= 15 is 0 Å². The summed E-state index contributed by atoms with van der Waals surface area (Å²) < 4.78 is 0. The molecule has 1 aliphatic heterocycles. The maximum atomic E-state index is 3.48. The van der Waals surface area contributed by atoms with Crippen LogP contribution in [0.25, 0.3) is 0 Å². The van der Waals surface area contributed by atoms with Crippen LogP contribution in [0.3, 0.4) is 0 Å². The van der Waals surface area contributed by atoms with E-state index in [0.717, 1.165) is 12.1 Å². The molecule has 0 aromatic heterocycles. The maximum Gasteiger partial charge on any atom is 0.0235 e. The van der Waals surface area contributed by atoms with Crippen molar-refractivity contribution < 1.29 is 0 Å². The van der Waals surface area contributed by atoms with E-state index in [1.165, 1.54) is 58.2 Å². The van der Waals surface area contributed by atoms with E-state index in [9.17, 15) is 0 Å². The number of hydrogen-bond acceptors (Lipinski definition) is 2. The molecule has 82 valence electrons. The Kier molecular flexibility index (Phi) is 3.82. The van der Waals surface area contributed by atoms with E-state index in [-0.39, 0.29) is 0 Å². The Morgan fingerprint density at radius 2 is 1.86 bits per heavy atom. The van der Waals surface area contributed by atoms with Crippen molar-refractivity contribution >= 4 is 0 Å². The summed E-state index contributed by atoms with van der Waals surface area (Å²) in [6.07, 6.45) is 8.65. The molecule has 0 unspecified atom stereocenters. The number of nitrogens with zero attached hydrogens (tertiary/aromatic N) is 1. The zero-order valence-corrected chi connectivity index (χ0v) is 9.47. The summed E-state index contributed by atoms with van der Waals surface area (Å²) in [5.41, 5.74) is 0. The van der Waals surface area contributed by atoms with E-state index in [1.807, 2.05) is 0 Å². The lowest BCUT2D eigenvalue weighted by molar-refractivity contribution is 0.119. The van der Waals surface area contributed by atoms with Crippen LogP contribution in [0.4, 0.5) is 0 Å². The minimum atomic E-state index is 0.836. The first kappa shape index (κ1) is 10.4. The highest BCUT2D eigenvalue weighted by Crippen LogP contribution is 2.25. The first-order valence-electron chi connectivity index (χ1n) is 6.38. The van der Waals surface area contributed by atoms with Crippen molar-refractivity contribution in [3.05, 3.63) is 0 Å². The molecule has 0 radical (unpaired) electrons. The minimum Gasteiger partial charge on any atom is -0.315 e. The Labute approximate surface area is 88.1 Å². The number of nitrogens with one attached hydrogen (secondary N) is 1. The fraction of sp³-hybridized carbons (Fsp3) is 1.00. The van der Waals surface area contributed by atoms with Gasteiger partial charge in [0.15, 0.2) is 0 Å². The van der Waals surface area contributed by atoms with E-state index in [2.05, 4.69) is 17.1 Å². The van der Waals surface area contributed by atoms with Gasteiger partial charge in [-0.1, -0.05) is 26.2 Å². The summed E-state index contributed by atoms with van der Waals surface area (Å²) in [6, 6.07) is 1.74. The van der Waals surface area contributed by atoms with Crippen LogP contribution in [0.2, 0.25) is 0 Å². The molecule has 0 aromatic carbocycles. The highest BCUT2D eigenvalue weighted by atomic mass is 15.2.